The van der Waals surface area contributed by atoms with Crippen molar-refractivity contribution in [3.05, 3.63) is 65.4 Å². The Kier molecular flexibility index (Phi) is 6.84. The zero-order valence-corrected chi connectivity index (χ0v) is 20.5. The fourth-order valence-electron chi connectivity index (χ4n) is 5.54. The molecule has 7 heteroatoms. The van der Waals surface area contributed by atoms with Crippen molar-refractivity contribution in [2.45, 2.75) is 38.0 Å². The number of nitrogens with zero attached hydrogens (tertiary/aromatic N) is 2. The lowest BCUT2D eigenvalue weighted by Crippen LogP contribution is -2.49. The highest BCUT2D eigenvalue weighted by Crippen LogP contribution is 2.42. The van der Waals surface area contributed by atoms with Gasteiger partial charge in [0.25, 0.3) is 0 Å². The second kappa shape index (κ2) is 9.88. The first-order chi connectivity index (χ1) is 16.9. The van der Waals surface area contributed by atoms with Gasteiger partial charge in [-0.1, -0.05) is 30.3 Å². The first kappa shape index (κ1) is 24.2. The van der Waals surface area contributed by atoms with Crippen LogP contribution in [0.1, 0.15) is 36.7 Å². The third-order valence-corrected chi connectivity index (χ3v) is 7.48. The smallest absolute Gasteiger partial charge is 0.143 e. The van der Waals surface area contributed by atoms with Gasteiger partial charge in [0.05, 0.1) is 19.3 Å². The molecule has 35 heavy (non-hydrogen) atoms. The molecule has 0 bridgehead atoms. The largest absolute Gasteiger partial charge is 0.492 e. The van der Waals surface area contributed by atoms with Gasteiger partial charge in [-0.3, -0.25) is 14.2 Å². The van der Waals surface area contributed by atoms with Gasteiger partial charge in [0.15, 0.2) is 0 Å². The summed E-state index contributed by atoms with van der Waals surface area (Å²) in [6.45, 7) is 5.94. The van der Waals surface area contributed by atoms with Gasteiger partial charge >= 0.3 is 0 Å². The van der Waals surface area contributed by atoms with E-state index in [1.807, 2.05) is 18.2 Å². The van der Waals surface area contributed by atoms with Crippen LogP contribution in [0.15, 0.2) is 48.5 Å². The molecule has 0 spiro atoms. The van der Waals surface area contributed by atoms with Gasteiger partial charge in [0.1, 0.15) is 18.0 Å². The Labute approximate surface area is 205 Å². The summed E-state index contributed by atoms with van der Waals surface area (Å²) in [4.78, 5) is 7.97. The Balaban J connectivity index is 1.39. The van der Waals surface area contributed by atoms with Crippen molar-refractivity contribution in [3.8, 4) is 5.75 Å². The van der Waals surface area contributed by atoms with Crippen molar-refractivity contribution in [3.63, 3.8) is 0 Å². The lowest BCUT2D eigenvalue weighted by Gasteiger charge is -2.43. The van der Waals surface area contributed by atoms with Gasteiger partial charge in [-0.05, 0) is 49.6 Å². The van der Waals surface area contributed by atoms with Crippen LogP contribution in [0.2, 0.25) is 0 Å². The summed E-state index contributed by atoms with van der Waals surface area (Å²) >= 11 is 0. The Morgan fingerprint density at radius 3 is 2.60 bits per heavy atom. The van der Waals surface area contributed by atoms with Gasteiger partial charge in [-0.25, -0.2) is 4.39 Å². The molecule has 2 aliphatic heterocycles. The third-order valence-electron chi connectivity index (χ3n) is 7.48. The fourth-order valence-corrected chi connectivity index (χ4v) is 5.54. The second-order valence-corrected chi connectivity index (χ2v) is 10.5. The standard InChI is InChI=1S/C28H35F2N3O2/c1-19-13-24-23-5-3-4-6-25(23)31-26(24)27(33(19)17-28(2,30)18-34)21-7-9-22(10-8-21)35-12-11-32-15-20(14-29)16-32/h3-10,19-20,27,31,34H,11-18H2,1-2H3/t19-,27-,28-/m1/s1. The molecule has 2 N–H and O–H groups in total. The average molecular weight is 484 g/mol. The fraction of sp³-hybridized carbons (Fsp3) is 0.500. The molecule has 0 unspecified atom stereocenters. The minimum atomic E-state index is -1.70. The molecule has 2 aromatic carbocycles. The van der Waals surface area contributed by atoms with E-state index in [0.29, 0.717) is 6.61 Å². The Morgan fingerprint density at radius 2 is 1.89 bits per heavy atom. The van der Waals surface area contributed by atoms with E-state index in [2.05, 4.69) is 52.0 Å². The molecule has 2 aliphatic rings. The number of hydrogen-bond donors (Lipinski definition) is 2. The molecule has 188 valence electrons. The van der Waals surface area contributed by atoms with Crippen molar-refractivity contribution in [2.75, 3.05) is 46.1 Å². The molecule has 3 aromatic rings. The summed E-state index contributed by atoms with van der Waals surface area (Å²) in [6, 6.07) is 16.3. The molecule has 0 radical (unpaired) electrons. The van der Waals surface area contributed by atoms with Gasteiger partial charge in [0, 0.05) is 54.7 Å². The Morgan fingerprint density at radius 1 is 1.14 bits per heavy atom. The number of aromatic amines is 1. The van der Waals surface area contributed by atoms with Gasteiger partial charge in [-0.15, -0.1) is 0 Å². The van der Waals surface area contributed by atoms with Gasteiger partial charge in [0.2, 0.25) is 0 Å². The van der Waals surface area contributed by atoms with Crippen LogP contribution in [0.4, 0.5) is 8.78 Å². The number of fused-ring (bicyclic) bond motifs is 3. The van der Waals surface area contributed by atoms with E-state index in [1.54, 1.807) is 0 Å². The van der Waals surface area contributed by atoms with E-state index in [-0.39, 0.29) is 31.2 Å². The van der Waals surface area contributed by atoms with Gasteiger partial charge < -0.3 is 14.8 Å². The van der Waals surface area contributed by atoms with E-state index >= 15 is 4.39 Å². The zero-order valence-electron chi connectivity index (χ0n) is 20.5. The molecule has 1 fully saturated rings. The number of rotatable bonds is 9. The quantitative estimate of drug-likeness (QED) is 0.471. The van der Waals surface area contributed by atoms with Crippen LogP contribution in [-0.4, -0.2) is 77.7 Å². The van der Waals surface area contributed by atoms with Crippen LogP contribution >= 0.6 is 0 Å². The van der Waals surface area contributed by atoms with Crippen LogP contribution in [-0.2, 0) is 6.42 Å². The van der Waals surface area contributed by atoms with Crippen molar-refractivity contribution < 1.29 is 18.6 Å². The van der Waals surface area contributed by atoms with Crippen molar-refractivity contribution >= 4 is 10.9 Å². The number of likely N-dealkylation sites (tertiary alicyclic amines) is 1. The lowest BCUT2D eigenvalue weighted by atomic mass is 9.87. The number of para-hydroxylation sites is 1. The number of aliphatic hydroxyl groups excluding tert-OH is 1. The van der Waals surface area contributed by atoms with Crippen LogP contribution in [0.5, 0.6) is 5.75 Å². The van der Waals surface area contributed by atoms with E-state index in [0.717, 1.165) is 48.6 Å². The van der Waals surface area contributed by atoms with Crippen LogP contribution in [0.25, 0.3) is 10.9 Å². The molecule has 0 amide bonds. The summed E-state index contributed by atoms with van der Waals surface area (Å²) in [5.41, 5.74) is 2.81. The highest BCUT2D eigenvalue weighted by Gasteiger charge is 2.39. The number of halogens is 2. The Bertz CT molecular complexity index is 1140. The molecular formula is C28H35F2N3O2. The van der Waals surface area contributed by atoms with Crippen LogP contribution < -0.4 is 4.74 Å². The summed E-state index contributed by atoms with van der Waals surface area (Å²) in [7, 11) is 0. The predicted molar refractivity (Wildman–Crippen MR) is 134 cm³/mol. The van der Waals surface area contributed by atoms with Crippen LogP contribution in [0, 0.1) is 5.92 Å². The number of aromatic nitrogens is 1. The summed E-state index contributed by atoms with van der Waals surface area (Å²) < 4.78 is 33.6. The number of alkyl halides is 2. The number of ether oxygens (including phenoxy) is 1. The van der Waals surface area contributed by atoms with Crippen molar-refractivity contribution in [1.29, 1.82) is 0 Å². The number of hydrogen-bond acceptors (Lipinski definition) is 4. The second-order valence-electron chi connectivity index (χ2n) is 10.5. The molecule has 3 heterocycles. The third kappa shape index (κ3) is 4.95. The van der Waals surface area contributed by atoms with E-state index < -0.39 is 12.3 Å². The summed E-state index contributed by atoms with van der Waals surface area (Å²) in [5.74, 6) is 0.968. The number of nitrogens with one attached hydrogen (secondary N) is 1. The SMILES string of the molecule is C[C@@H]1Cc2c([nH]c3ccccc23)[C@@H](c2ccc(OCCN3CC(CF)C3)cc2)N1C[C@@](C)(F)CO. The van der Waals surface area contributed by atoms with E-state index in [9.17, 15) is 9.50 Å². The van der Waals surface area contributed by atoms with Gasteiger partial charge in [-0.2, -0.15) is 0 Å². The summed E-state index contributed by atoms with van der Waals surface area (Å²) in [6.07, 6.45) is 0.818. The number of benzene rings is 2. The molecule has 3 atom stereocenters. The topological polar surface area (TPSA) is 51.7 Å². The first-order valence-electron chi connectivity index (χ1n) is 12.5. The molecule has 5 nitrogen and oxygen atoms in total. The molecule has 0 saturated carbocycles. The maximum atomic E-state index is 15.0. The highest BCUT2D eigenvalue weighted by molar-refractivity contribution is 5.85. The average Bonchev–Trinajstić information content (AvgIpc) is 3.19. The number of H-pyrrole nitrogens is 1. The maximum absolute atomic E-state index is 15.0. The highest BCUT2D eigenvalue weighted by atomic mass is 19.1. The number of aliphatic hydroxyl groups is 1. The Hall–Kier alpha value is -2.48. The predicted octanol–water partition coefficient (Wildman–Crippen LogP) is 4.50. The zero-order chi connectivity index (χ0) is 24.6. The summed E-state index contributed by atoms with van der Waals surface area (Å²) in [5, 5.41) is 10.9. The molecular weight excluding hydrogens is 448 g/mol. The minimum Gasteiger partial charge on any atom is -0.492 e. The monoisotopic (exact) mass is 483 g/mol. The van der Waals surface area contributed by atoms with Crippen molar-refractivity contribution in [2.24, 2.45) is 5.92 Å². The molecule has 0 aliphatic carbocycles. The lowest BCUT2D eigenvalue weighted by molar-refractivity contribution is 0.0175. The maximum Gasteiger partial charge on any atom is 0.143 e. The molecule has 5 rings (SSSR count). The van der Waals surface area contributed by atoms with Crippen LogP contribution in [0.3, 0.4) is 0 Å². The first-order valence-corrected chi connectivity index (χ1v) is 12.5. The van der Waals surface area contributed by atoms with E-state index in [4.69, 9.17) is 4.74 Å². The minimum absolute atomic E-state index is 0.105. The molecule has 1 saturated heterocycles. The van der Waals surface area contributed by atoms with E-state index in [1.165, 1.54) is 17.9 Å². The molecule has 1 aromatic heterocycles. The van der Waals surface area contributed by atoms with Crippen molar-refractivity contribution in [1.82, 2.24) is 14.8 Å². The normalized spacial score (nSPS) is 23.1.